The Bertz CT molecular complexity index is 459. The highest BCUT2D eigenvalue weighted by Crippen LogP contribution is 2.23. The molecule has 0 aromatic carbocycles. The van der Waals surface area contributed by atoms with E-state index in [1.54, 1.807) is 0 Å². The van der Waals surface area contributed by atoms with Gasteiger partial charge in [-0.15, -0.1) is 0 Å². The predicted octanol–water partition coefficient (Wildman–Crippen LogP) is 1.60. The molecule has 1 aliphatic rings. The van der Waals surface area contributed by atoms with E-state index in [1.807, 2.05) is 0 Å². The standard InChI is InChI=1S/C13H18ClN3O2/c14-12-11(5-9(15)7-16-12)13(19)17-6-8-1-3-10(18)4-2-8/h5,7-8,10,18H,1-4,6,15H2,(H,17,19). The molecule has 19 heavy (non-hydrogen) atoms. The molecule has 0 spiro atoms. The summed E-state index contributed by atoms with van der Waals surface area (Å²) in [6.45, 7) is 0.594. The molecule has 2 rings (SSSR count). The lowest BCUT2D eigenvalue weighted by atomic mass is 9.87. The summed E-state index contributed by atoms with van der Waals surface area (Å²) in [7, 11) is 0. The Morgan fingerprint density at radius 1 is 1.47 bits per heavy atom. The number of aliphatic hydroxyl groups excluding tert-OH is 1. The van der Waals surface area contributed by atoms with Crippen LogP contribution in [0.15, 0.2) is 12.3 Å². The fraction of sp³-hybridized carbons (Fsp3) is 0.538. The minimum Gasteiger partial charge on any atom is -0.397 e. The molecule has 1 aliphatic carbocycles. The van der Waals surface area contributed by atoms with Crippen LogP contribution in [-0.4, -0.2) is 28.6 Å². The summed E-state index contributed by atoms with van der Waals surface area (Å²) in [5.74, 6) is 0.163. The van der Waals surface area contributed by atoms with Gasteiger partial charge in [0.05, 0.1) is 23.6 Å². The SMILES string of the molecule is Nc1cnc(Cl)c(C(=O)NCC2CCC(O)CC2)c1. The van der Waals surface area contributed by atoms with Gasteiger partial charge in [0.1, 0.15) is 5.15 Å². The first-order chi connectivity index (χ1) is 9.06. The van der Waals surface area contributed by atoms with E-state index in [1.165, 1.54) is 12.3 Å². The van der Waals surface area contributed by atoms with Crippen molar-refractivity contribution in [1.29, 1.82) is 0 Å². The van der Waals surface area contributed by atoms with Gasteiger partial charge in [0.15, 0.2) is 0 Å². The molecule has 0 radical (unpaired) electrons. The van der Waals surface area contributed by atoms with E-state index >= 15 is 0 Å². The molecular formula is C13H18ClN3O2. The number of hydrogen-bond donors (Lipinski definition) is 3. The number of pyridine rings is 1. The lowest BCUT2D eigenvalue weighted by Gasteiger charge is -2.25. The first kappa shape index (κ1) is 14.1. The third-order valence-electron chi connectivity index (χ3n) is 3.47. The predicted molar refractivity (Wildman–Crippen MR) is 74.0 cm³/mol. The molecule has 0 saturated heterocycles. The quantitative estimate of drug-likeness (QED) is 0.735. The first-order valence-corrected chi connectivity index (χ1v) is 6.81. The van der Waals surface area contributed by atoms with E-state index < -0.39 is 0 Å². The Morgan fingerprint density at radius 3 is 2.84 bits per heavy atom. The van der Waals surface area contributed by atoms with Crippen molar-refractivity contribution in [3.8, 4) is 0 Å². The van der Waals surface area contributed by atoms with Crippen LogP contribution in [0.25, 0.3) is 0 Å². The number of nitrogen functional groups attached to an aromatic ring is 1. The van der Waals surface area contributed by atoms with Crippen molar-refractivity contribution in [2.75, 3.05) is 12.3 Å². The molecule has 0 unspecified atom stereocenters. The number of aromatic nitrogens is 1. The summed E-state index contributed by atoms with van der Waals surface area (Å²) < 4.78 is 0. The molecule has 1 amide bonds. The zero-order valence-electron chi connectivity index (χ0n) is 10.6. The number of hydrogen-bond acceptors (Lipinski definition) is 4. The van der Waals surface area contributed by atoms with Crippen LogP contribution < -0.4 is 11.1 Å². The maximum absolute atomic E-state index is 12.0. The van der Waals surface area contributed by atoms with Crippen LogP contribution >= 0.6 is 11.6 Å². The number of amides is 1. The molecule has 0 aliphatic heterocycles. The molecule has 1 saturated carbocycles. The van der Waals surface area contributed by atoms with Crippen molar-refractivity contribution < 1.29 is 9.90 Å². The molecule has 0 atom stereocenters. The maximum Gasteiger partial charge on any atom is 0.254 e. The van der Waals surface area contributed by atoms with Gasteiger partial charge in [-0.05, 0) is 37.7 Å². The van der Waals surface area contributed by atoms with Crippen molar-refractivity contribution in [1.82, 2.24) is 10.3 Å². The Morgan fingerprint density at radius 2 is 2.16 bits per heavy atom. The Kier molecular flexibility index (Phi) is 4.61. The van der Waals surface area contributed by atoms with Gasteiger partial charge >= 0.3 is 0 Å². The van der Waals surface area contributed by atoms with Crippen LogP contribution in [0.1, 0.15) is 36.0 Å². The van der Waals surface area contributed by atoms with Gasteiger partial charge in [0.2, 0.25) is 0 Å². The smallest absolute Gasteiger partial charge is 0.254 e. The number of halogens is 1. The molecule has 104 valence electrons. The summed E-state index contributed by atoms with van der Waals surface area (Å²) >= 11 is 5.87. The minimum absolute atomic E-state index is 0.158. The average Bonchev–Trinajstić information content (AvgIpc) is 2.40. The van der Waals surface area contributed by atoms with E-state index in [4.69, 9.17) is 17.3 Å². The van der Waals surface area contributed by atoms with E-state index in [0.717, 1.165) is 25.7 Å². The highest BCUT2D eigenvalue weighted by Gasteiger charge is 2.20. The van der Waals surface area contributed by atoms with Gasteiger partial charge in [-0.1, -0.05) is 11.6 Å². The monoisotopic (exact) mass is 283 g/mol. The second-order valence-electron chi connectivity index (χ2n) is 4.99. The number of rotatable bonds is 3. The lowest BCUT2D eigenvalue weighted by molar-refractivity contribution is 0.0910. The van der Waals surface area contributed by atoms with Gasteiger partial charge in [0, 0.05) is 6.54 Å². The van der Waals surface area contributed by atoms with Gasteiger partial charge < -0.3 is 16.2 Å². The molecular weight excluding hydrogens is 266 g/mol. The Labute approximate surface area is 117 Å². The van der Waals surface area contributed by atoms with Crippen LogP contribution in [0.5, 0.6) is 0 Å². The third-order valence-corrected chi connectivity index (χ3v) is 3.77. The van der Waals surface area contributed by atoms with Crippen molar-refractivity contribution in [2.24, 2.45) is 5.92 Å². The van der Waals surface area contributed by atoms with E-state index in [2.05, 4.69) is 10.3 Å². The molecule has 1 fully saturated rings. The Hall–Kier alpha value is -1.33. The largest absolute Gasteiger partial charge is 0.397 e. The Balaban J connectivity index is 1.89. The van der Waals surface area contributed by atoms with Gasteiger partial charge in [-0.25, -0.2) is 4.98 Å². The molecule has 0 bridgehead atoms. The topological polar surface area (TPSA) is 88.2 Å². The van der Waals surface area contributed by atoms with E-state index in [9.17, 15) is 9.90 Å². The number of nitrogens with one attached hydrogen (secondary N) is 1. The van der Waals surface area contributed by atoms with Crippen LogP contribution in [0.4, 0.5) is 5.69 Å². The zero-order chi connectivity index (χ0) is 13.8. The third kappa shape index (κ3) is 3.81. The van der Waals surface area contributed by atoms with Crippen LogP contribution in [0.3, 0.4) is 0 Å². The fourth-order valence-electron chi connectivity index (χ4n) is 2.30. The number of aliphatic hydroxyl groups is 1. The number of carbonyl (C=O) groups excluding carboxylic acids is 1. The van der Waals surface area contributed by atoms with Crippen molar-refractivity contribution in [3.63, 3.8) is 0 Å². The van der Waals surface area contributed by atoms with Crippen molar-refractivity contribution >= 4 is 23.2 Å². The summed E-state index contributed by atoms with van der Waals surface area (Å²) in [5, 5.41) is 12.4. The van der Waals surface area contributed by atoms with Gasteiger partial charge in [0.25, 0.3) is 5.91 Å². The molecule has 6 heteroatoms. The minimum atomic E-state index is -0.254. The normalized spacial score (nSPS) is 23.1. The highest BCUT2D eigenvalue weighted by atomic mass is 35.5. The number of anilines is 1. The number of nitrogens with zero attached hydrogens (tertiary/aromatic N) is 1. The second-order valence-corrected chi connectivity index (χ2v) is 5.35. The van der Waals surface area contributed by atoms with Crippen LogP contribution in [0.2, 0.25) is 5.15 Å². The number of nitrogens with two attached hydrogens (primary N) is 1. The zero-order valence-corrected chi connectivity index (χ0v) is 11.4. The number of carbonyl (C=O) groups is 1. The molecule has 4 N–H and O–H groups in total. The van der Waals surface area contributed by atoms with E-state index in [-0.39, 0.29) is 17.2 Å². The van der Waals surface area contributed by atoms with Crippen LogP contribution in [0, 0.1) is 5.92 Å². The molecule has 5 nitrogen and oxygen atoms in total. The molecule has 1 heterocycles. The van der Waals surface area contributed by atoms with Gasteiger partial charge in [-0.2, -0.15) is 0 Å². The fourth-order valence-corrected chi connectivity index (χ4v) is 2.49. The second kappa shape index (κ2) is 6.21. The van der Waals surface area contributed by atoms with Crippen molar-refractivity contribution in [3.05, 3.63) is 23.0 Å². The molecule has 1 aromatic heterocycles. The summed E-state index contributed by atoms with van der Waals surface area (Å²) in [6, 6.07) is 1.52. The summed E-state index contributed by atoms with van der Waals surface area (Å²) in [4.78, 5) is 15.8. The average molecular weight is 284 g/mol. The summed E-state index contributed by atoms with van der Waals surface area (Å²) in [5.41, 5.74) is 6.31. The lowest BCUT2D eigenvalue weighted by Crippen LogP contribution is -2.32. The highest BCUT2D eigenvalue weighted by molar-refractivity contribution is 6.32. The maximum atomic E-state index is 12.0. The van der Waals surface area contributed by atoms with Crippen LogP contribution in [-0.2, 0) is 0 Å². The van der Waals surface area contributed by atoms with E-state index in [0.29, 0.717) is 23.7 Å². The molecule has 1 aromatic rings. The summed E-state index contributed by atoms with van der Waals surface area (Å²) in [6.07, 6.45) is 4.72. The first-order valence-electron chi connectivity index (χ1n) is 6.43. The van der Waals surface area contributed by atoms with Gasteiger partial charge in [-0.3, -0.25) is 4.79 Å². The van der Waals surface area contributed by atoms with Crippen molar-refractivity contribution in [2.45, 2.75) is 31.8 Å².